The number of carbonyl (C=O) groups excluding carboxylic acids is 1. The average Bonchev–Trinajstić information content (AvgIpc) is 2.37. The highest BCUT2D eigenvalue weighted by Crippen LogP contribution is 2.23. The highest BCUT2D eigenvalue weighted by atomic mass is 79.9. The van der Waals surface area contributed by atoms with E-state index in [0.29, 0.717) is 17.3 Å². The molecular weight excluding hydrogens is 312 g/mol. The Bertz CT molecular complexity index is 499. The van der Waals surface area contributed by atoms with Crippen molar-refractivity contribution in [2.75, 3.05) is 5.32 Å². The molecule has 1 rings (SSSR count). The fourth-order valence-corrected chi connectivity index (χ4v) is 1.99. The van der Waals surface area contributed by atoms with Gasteiger partial charge in [0.25, 0.3) is 0 Å². The van der Waals surface area contributed by atoms with Crippen LogP contribution >= 0.6 is 15.9 Å². The number of halogens is 1. The van der Waals surface area contributed by atoms with E-state index in [2.05, 4.69) is 21.2 Å². The normalized spacial score (nSPS) is 11.2. The van der Waals surface area contributed by atoms with E-state index in [0.717, 1.165) is 0 Å². The monoisotopic (exact) mass is 328 g/mol. The minimum atomic E-state index is -1.10. The molecule has 0 aliphatic carbocycles. The summed E-state index contributed by atoms with van der Waals surface area (Å²) in [5, 5.41) is 11.7. The van der Waals surface area contributed by atoms with Crippen molar-refractivity contribution in [3.8, 4) is 0 Å². The van der Waals surface area contributed by atoms with E-state index >= 15 is 0 Å². The van der Waals surface area contributed by atoms with E-state index < -0.39 is 11.5 Å². The van der Waals surface area contributed by atoms with Crippen LogP contribution in [0.15, 0.2) is 22.7 Å². The third-order valence-corrected chi connectivity index (χ3v) is 3.67. The number of amides is 1. The van der Waals surface area contributed by atoms with Crippen molar-refractivity contribution in [1.82, 2.24) is 0 Å². The Morgan fingerprint density at radius 3 is 2.42 bits per heavy atom. The minimum absolute atomic E-state index is 0.0334. The predicted octanol–water partition coefficient (Wildman–Crippen LogP) is 2.60. The number of nitrogens with two attached hydrogens (primary N) is 1. The van der Waals surface area contributed by atoms with E-state index in [1.807, 2.05) is 13.8 Å². The Morgan fingerprint density at radius 1 is 1.37 bits per heavy atom. The topological polar surface area (TPSA) is 92.4 Å². The van der Waals surface area contributed by atoms with Gasteiger partial charge in [0.15, 0.2) is 0 Å². The van der Waals surface area contributed by atoms with Crippen molar-refractivity contribution < 1.29 is 14.7 Å². The van der Waals surface area contributed by atoms with Crippen LogP contribution < -0.4 is 11.1 Å². The van der Waals surface area contributed by atoms with E-state index in [9.17, 15) is 9.59 Å². The van der Waals surface area contributed by atoms with Crippen LogP contribution in [-0.2, 0) is 4.79 Å². The van der Waals surface area contributed by atoms with Gasteiger partial charge in [0.1, 0.15) is 0 Å². The van der Waals surface area contributed by atoms with Gasteiger partial charge in [-0.1, -0.05) is 29.8 Å². The molecule has 104 valence electrons. The summed E-state index contributed by atoms with van der Waals surface area (Å²) in [5.41, 5.74) is 5.27. The number of carbonyl (C=O) groups is 2. The third kappa shape index (κ3) is 3.54. The number of hydrogen-bond acceptors (Lipinski definition) is 3. The first-order valence-electron chi connectivity index (χ1n) is 5.97. The first-order chi connectivity index (χ1) is 8.84. The molecule has 0 aliphatic heterocycles. The van der Waals surface area contributed by atoms with E-state index in [1.165, 1.54) is 6.07 Å². The number of nitrogens with one attached hydrogen (secondary N) is 1. The molecule has 1 amide bonds. The SMILES string of the molecule is CCC(N)(CC)C(=O)Nc1cc(Br)ccc1C(=O)O. The van der Waals surface area contributed by atoms with Crippen LogP contribution in [0.25, 0.3) is 0 Å². The molecule has 0 atom stereocenters. The molecule has 0 unspecified atom stereocenters. The Morgan fingerprint density at radius 2 is 1.95 bits per heavy atom. The molecule has 0 radical (unpaired) electrons. The van der Waals surface area contributed by atoms with Crippen LogP contribution in [0, 0.1) is 0 Å². The smallest absolute Gasteiger partial charge is 0.337 e. The van der Waals surface area contributed by atoms with Gasteiger partial charge in [-0.25, -0.2) is 4.79 Å². The van der Waals surface area contributed by atoms with Crippen molar-refractivity contribution >= 4 is 33.5 Å². The highest BCUT2D eigenvalue weighted by molar-refractivity contribution is 9.10. The molecule has 1 aromatic rings. The Balaban J connectivity index is 3.08. The Kier molecular flexibility index (Phi) is 5.08. The molecular formula is C13H17BrN2O3. The lowest BCUT2D eigenvalue weighted by Gasteiger charge is -2.25. The fourth-order valence-electron chi connectivity index (χ4n) is 1.62. The molecule has 4 N–H and O–H groups in total. The van der Waals surface area contributed by atoms with Gasteiger partial charge < -0.3 is 16.2 Å². The van der Waals surface area contributed by atoms with Gasteiger partial charge >= 0.3 is 5.97 Å². The number of benzene rings is 1. The highest BCUT2D eigenvalue weighted by Gasteiger charge is 2.30. The van der Waals surface area contributed by atoms with Crippen LogP contribution in [0.2, 0.25) is 0 Å². The third-order valence-electron chi connectivity index (χ3n) is 3.17. The Labute approximate surface area is 120 Å². The van der Waals surface area contributed by atoms with Crippen LogP contribution in [0.4, 0.5) is 5.69 Å². The summed E-state index contributed by atoms with van der Waals surface area (Å²) >= 11 is 3.24. The molecule has 0 fully saturated rings. The molecule has 0 aliphatic rings. The summed E-state index contributed by atoms with van der Waals surface area (Å²) in [6, 6.07) is 4.58. The van der Waals surface area contributed by atoms with Crippen LogP contribution in [-0.4, -0.2) is 22.5 Å². The fraction of sp³-hybridized carbons (Fsp3) is 0.385. The maximum absolute atomic E-state index is 12.1. The van der Waals surface area contributed by atoms with Gasteiger partial charge in [0.2, 0.25) is 5.91 Å². The average molecular weight is 329 g/mol. The lowest BCUT2D eigenvalue weighted by molar-refractivity contribution is -0.121. The molecule has 0 saturated carbocycles. The van der Waals surface area contributed by atoms with Gasteiger partial charge in [-0.15, -0.1) is 0 Å². The summed E-state index contributed by atoms with van der Waals surface area (Å²) in [6.07, 6.45) is 0.956. The number of anilines is 1. The van der Waals surface area contributed by atoms with Crippen LogP contribution in [0.1, 0.15) is 37.0 Å². The maximum atomic E-state index is 12.1. The first-order valence-corrected chi connectivity index (χ1v) is 6.76. The zero-order chi connectivity index (χ0) is 14.6. The number of carboxylic acids is 1. The molecule has 0 aromatic heterocycles. The second-order valence-corrected chi connectivity index (χ2v) is 5.23. The quantitative estimate of drug-likeness (QED) is 0.774. The standard InChI is InChI=1S/C13H17BrN2O3/c1-3-13(15,4-2)12(19)16-10-7-8(14)5-6-9(10)11(17)18/h5-7H,3-4,15H2,1-2H3,(H,16,19)(H,17,18). The molecule has 0 heterocycles. The molecule has 0 bridgehead atoms. The summed E-state index contributed by atoms with van der Waals surface area (Å²) in [6.45, 7) is 3.64. The number of carboxylic acid groups (broad SMARTS) is 1. The minimum Gasteiger partial charge on any atom is -0.478 e. The maximum Gasteiger partial charge on any atom is 0.337 e. The zero-order valence-electron chi connectivity index (χ0n) is 10.9. The second kappa shape index (κ2) is 6.16. The molecule has 6 heteroatoms. The Hall–Kier alpha value is -1.40. The molecule has 1 aromatic carbocycles. The first kappa shape index (κ1) is 15.7. The van der Waals surface area contributed by atoms with Crippen molar-refractivity contribution in [2.45, 2.75) is 32.2 Å². The van der Waals surface area contributed by atoms with Crippen molar-refractivity contribution in [3.05, 3.63) is 28.2 Å². The van der Waals surface area contributed by atoms with Gasteiger partial charge in [0.05, 0.1) is 16.8 Å². The van der Waals surface area contributed by atoms with Crippen molar-refractivity contribution in [1.29, 1.82) is 0 Å². The molecule has 0 spiro atoms. The van der Waals surface area contributed by atoms with Gasteiger partial charge in [-0.3, -0.25) is 4.79 Å². The van der Waals surface area contributed by atoms with Crippen molar-refractivity contribution in [3.63, 3.8) is 0 Å². The lowest BCUT2D eigenvalue weighted by Crippen LogP contribution is -2.50. The number of hydrogen-bond donors (Lipinski definition) is 3. The summed E-state index contributed by atoms with van der Waals surface area (Å²) in [7, 11) is 0. The van der Waals surface area contributed by atoms with Gasteiger partial charge in [-0.2, -0.15) is 0 Å². The zero-order valence-corrected chi connectivity index (χ0v) is 12.5. The molecule has 5 nitrogen and oxygen atoms in total. The van der Waals surface area contributed by atoms with E-state index in [-0.39, 0.29) is 17.2 Å². The summed E-state index contributed by atoms with van der Waals surface area (Å²) in [5.74, 6) is -1.48. The molecule has 19 heavy (non-hydrogen) atoms. The van der Waals surface area contributed by atoms with Crippen LogP contribution in [0.3, 0.4) is 0 Å². The largest absolute Gasteiger partial charge is 0.478 e. The second-order valence-electron chi connectivity index (χ2n) is 4.31. The van der Waals surface area contributed by atoms with E-state index in [4.69, 9.17) is 10.8 Å². The van der Waals surface area contributed by atoms with Crippen molar-refractivity contribution in [2.24, 2.45) is 5.73 Å². The van der Waals surface area contributed by atoms with Gasteiger partial charge in [-0.05, 0) is 31.0 Å². The molecule has 0 saturated heterocycles. The van der Waals surface area contributed by atoms with E-state index in [1.54, 1.807) is 12.1 Å². The lowest BCUT2D eigenvalue weighted by atomic mass is 9.93. The van der Waals surface area contributed by atoms with Crippen LogP contribution in [0.5, 0.6) is 0 Å². The number of rotatable bonds is 5. The summed E-state index contributed by atoms with van der Waals surface area (Å²) in [4.78, 5) is 23.2. The predicted molar refractivity (Wildman–Crippen MR) is 77.2 cm³/mol. The van der Waals surface area contributed by atoms with Gasteiger partial charge in [0, 0.05) is 4.47 Å². The summed E-state index contributed by atoms with van der Waals surface area (Å²) < 4.78 is 0.684. The number of aromatic carboxylic acids is 1.